The van der Waals surface area contributed by atoms with E-state index in [-0.39, 0.29) is 6.04 Å². The molecule has 2 N–H and O–H groups in total. The number of halogens is 1. The maximum Gasteiger partial charge on any atom is 0.299 e. The van der Waals surface area contributed by atoms with Crippen LogP contribution >= 0.6 is 15.9 Å². The van der Waals surface area contributed by atoms with Crippen molar-refractivity contribution in [2.45, 2.75) is 18.9 Å². The number of rotatable bonds is 5. The van der Waals surface area contributed by atoms with Crippen molar-refractivity contribution < 1.29 is 13.2 Å². The molecule has 0 amide bonds. The summed E-state index contributed by atoms with van der Waals surface area (Å²) in [5.41, 5.74) is 0.456. The van der Waals surface area contributed by atoms with E-state index in [4.69, 9.17) is 4.74 Å². The summed E-state index contributed by atoms with van der Waals surface area (Å²) in [5, 5.41) is 0. The van der Waals surface area contributed by atoms with Crippen LogP contribution < -0.4 is 14.2 Å². The number of methoxy groups -OCH3 is 1. The summed E-state index contributed by atoms with van der Waals surface area (Å²) in [6, 6.07) is 5.18. The molecule has 0 spiro atoms. The Morgan fingerprint density at radius 2 is 2.12 bits per heavy atom. The fourth-order valence-electron chi connectivity index (χ4n) is 1.30. The summed E-state index contributed by atoms with van der Waals surface area (Å²) in [7, 11) is -1.97. The fraction of sp³-hybridized carbons (Fsp3) is 0.400. The van der Waals surface area contributed by atoms with Crippen molar-refractivity contribution in [3.8, 4) is 5.75 Å². The van der Waals surface area contributed by atoms with Gasteiger partial charge >= 0.3 is 0 Å². The number of nitrogens with one attached hydrogen (secondary N) is 2. The molecule has 0 unspecified atom stereocenters. The molecule has 7 heteroatoms. The third-order valence-corrected chi connectivity index (χ3v) is 4.14. The van der Waals surface area contributed by atoms with Gasteiger partial charge in [-0.3, -0.25) is 4.72 Å². The third-order valence-electron chi connectivity index (χ3n) is 2.32. The summed E-state index contributed by atoms with van der Waals surface area (Å²) in [5.74, 6) is 0.595. The van der Waals surface area contributed by atoms with Gasteiger partial charge in [-0.15, -0.1) is 0 Å². The predicted octanol–water partition coefficient (Wildman–Crippen LogP) is 1.87. The standard InChI is InChI=1S/C10H13BrN2O3S/c1-16-8-4-5-9(11)10(6-8)13-17(14,15)12-7-2-3-7/h4-7,12-13H,2-3H2,1H3. The zero-order chi connectivity index (χ0) is 12.5. The van der Waals surface area contributed by atoms with Crippen LogP contribution in [0.4, 0.5) is 5.69 Å². The Bertz CT molecular complexity index is 514. The second-order valence-electron chi connectivity index (χ2n) is 3.84. The average molecular weight is 321 g/mol. The van der Waals surface area contributed by atoms with Crippen LogP contribution in [0.2, 0.25) is 0 Å². The molecule has 0 bridgehead atoms. The van der Waals surface area contributed by atoms with Gasteiger partial charge in [0.15, 0.2) is 0 Å². The number of hydrogen-bond donors (Lipinski definition) is 2. The number of benzene rings is 1. The van der Waals surface area contributed by atoms with Gasteiger partial charge in [-0.2, -0.15) is 13.1 Å². The van der Waals surface area contributed by atoms with E-state index in [0.717, 1.165) is 12.8 Å². The van der Waals surface area contributed by atoms with E-state index in [1.54, 1.807) is 18.2 Å². The first-order valence-corrected chi connectivity index (χ1v) is 7.41. The van der Waals surface area contributed by atoms with Gasteiger partial charge in [-0.1, -0.05) is 0 Å². The van der Waals surface area contributed by atoms with Crippen LogP contribution in [0, 0.1) is 0 Å². The van der Waals surface area contributed by atoms with Crippen molar-refractivity contribution in [2.24, 2.45) is 0 Å². The lowest BCUT2D eigenvalue weighted by molar-refractivity contribution is 0.415. The minimum absolute atomic E-state index is 0.0804. The van der Waals surface area contributed by atoms with Crippen molar-refractivity contribution in [3.05, 3.63) is 22.7 Å². The highest BCUT2D eigenvalue weighted by molar-refractivity contribution is 9.10. The molecule has 0 radical (unpaired) electrons. The molecule has 0 saturated heterocycles. The first kappa shape index (κ1) is 12.7. The minimum Gasteiger partial charge on any atom is -0.497 e. The molecule has 94 valence electrons. The zero-order valence-electron chi connectivity index (χ0n) is 9.23. The molecule has 1 aliphatic carbocycles. The molecule has 17 heavy (non-hydrogen) atoms. The van der Waals surface area contributed by atoms with Crippen LogP contribution in [-0.4, -0.2) is 21.6 Å². The molecule has 0 atom stereocenters. The van der Waals surface area contributed by atoms with E-state index in [1.165, 1.54) is 7.11 Å². The maximum absolute atomic E-state index is 11.7. The molecule has 0 aliphatic heterocycles. The Labute approximate surface area is 109 Å². The Hall–Kier alpha value is -0.790. The molecule has 5 nitrogen and oxygen atoms in total. The molecule has 1 fully saturated rings. The number of ether oxygens (including phenoxy) is 1. The summed E-state index contributed by atoms with van der Waals surface area (Å²) in [6.45, 7) is 0. The van der Waals surface area contributed by atoms with Gasteiger partial charge in [-0.05, 0) is 40.9 Å². The molecule has 0 aromatic heterocycles. The second-order valence-corrected chi connectivity index (χ2v) is 6.14. The largest absolute Gasteiger partial charge is 0.497 e. The summed E-state index contributed by atoms with van der Waals surface area (Å²) >= 11 is 3.28. The quantitative estimate of drug-likeness (QED) is 0.870. The lowest BCUT2D eigenvalue weighted by atomic mass is 10.3. The summed E-state index contributed by atoms with van der Waals surface area (Å²) in [4.78, 5) is 0. The Morgan fingerprint density at radius 1 is 1.41 bits per heavy atom. The monoisotopic (exact) mass is 320 g/mol. The lowest BCUT2D eigenvalue weighted by Crippen LogP contribution is -2.31. The topological polar surface area (TPSA) is 67.4 Å². The van der Waals surface area contributed by atoms with E-state index >= 15 is 0 Å². The van der Waals surface area contributed by atoms with Gasteiger partial charge < -0.3 is 4.74 Å². The van der Waals surface area contributed by atoms with E-state index in [0.29, 0.717) is 15.9 Å². The third kappa shape index (κ3) is 3.58. The highest BCUT2D eigenvalue weighted by Gasteiger charge is 2.27. The van der Waals surface area contributed by atoms with Crippen molar-refractivity contribution in [3.63, 3.8) is 0 Å². The Kier molecular flexibility index (Phi) is 3.60. The first-order valence-electron chi connectivity index (χ1n) is 5.14. The molecule has 1 saturated carbocycles. The molecule has 1 aromatic carbocycles. The molecule has 1 aromatic rings. The van der Waals surface area contributed by atoms with Gasteiger partial charge in [0, 0.05) is 16.6 Å². The fourth-order valence-corrected chi connectivity index (χ4v) is 2.97. The van der Waals surface area contributed by atoms with Crippen LogP contribution in [0.1, 0.15) is 12.8 Å². The highest BCUT2D eigenvalue weighted by Crippen LogP contribution is 2.28. The van der Waals surface area contributed by atoms with Crippen molar-refractivity contribution in [1.29, 1.82) is 0 Å². The van der Waals surface area contributed by atoms with E-state index in [9.17, 15) is 8.42 Å². The number of hydrogen-bond acceptors (Lipinski definition) is 3. The highest BCUT2D eigenvalue weighted by atomic mass is 79.9. The van der Waals surface area contributed by atoms with Gasteiger partial charge in [0.1, 0.15) is 5.75 Å². The molecule has 2 rings (SSSR count). The number of anilines is 1. The zero-order valence-corrected chi connectivity index (χ0v) is 11.6. The summed E-state index contributed by atoms with van der Waals surface area (Å²) < 4.78 is 34.2. The van der Waals surface area contributed by atoms with Crippen LogP contribution in [0.5, 0.6) is 5.75 Å². The van der Waals surface area contributed by atoms with Gasteiger partial charge in [-0.25, -0.2) is 0 Å². The molecule has 1 aliphatic rings. The van der Waals surface area contributed by atoms with Gasteiger partial charge in [0.2, 0.25) is 0 Å². The van der Waals surface area contributed by atoms with Crippen LogP contribution in [0.25, 0.3) is 0 Å². The SMILES string of the molecule is COc1ccc(Br)c(NS(=O)(=O)NC2CC2)c1. The van der Waals surface area contributed by atoms with Crippen LogP contribution in [0.3, 0.4) is 0 Å². The predicted molar refractivity (Wildman–Crippen MR) is 69.4 cm³/mol. The lowest BCUT2D eigenvalue weighted by Gasteiger charge is -2.11. The smallest absolute Gasteiger partial charge is 0.299 e. The maximum atomic E-state index is 11.7. The minimum atomic E-state index is -3.50. The summed E-state index contributed by atoms with van der Waals surface area (Å²) in [6.07, 6.45) is 1.81. The van der Waals surface area contributed by atoms with Gasteiger partial charge in [0.25, 0.3) is 10.2 Å². The van der Waals surface area contributed by atoms with Gasteiger partial charge in [0.05, 0.1) is 12.8 Å². The first-order chi connectivity index (χ1) is 8.00. The van der Waals surface area contributed by atoms with E-state index < -0.39 is 10.2 Å². The average Bonchev–Trinajstić information content (AvgIpc) is 3.04. The van der Waals surface area contributed by atoms with Crippen molar-refractivity contribution >= 4 is 31.8 Å². The second kappa shape index (κ2) is 4.83. The van der Waals surface area contributed by atoms with E-state index in [2.05, 4.69) is 25.4 Å². The molecular formula is C10H13BrN2O3S. The van der Waals surface area contributed by atoms with Crippen molar-refractivity contribution in [1.82, 2.24) is 4.72 Å². The van der Waals surface area contributed by atoms with Crippen LogP contribution in [-0.2, 0) is 10.2 Å². The van der Waals surface area contributed by atoms with E-state index in [1.807, 2.05) is 0 Å². The normalized spacial score (nSPS) is 15.6. The van der Waals surface area contributed by atoms with Crippen molar-refractivity contribution in [2.75, 3.05) is 11.8 Å². The Morgan fingerprint density at radius 3 is 2.71 bits per heavy atom. The Balaban J connectivity index is 2.16. The van der Waals surface area contributed by atoms with Crippen LogP contribution in [0.15, 0.2) is 22.7 Å². The molecule has 0 heterocycles. The molecular weight excluding hydrogens is 308 g/mol.